The molecule has 0 saturated heterocycles. The predicted molar refractivity (Wildman–Crippen MR) is 86.2 cm³/mol. The van der Waals surface area contributed by atoms with E-state index in [9.17, 15) is 4.79 Å². The van der Waals surface area contributed by atoms with Gasteiger partial charge >= 0.3 is 6.03 Å². The van der Waals surface area contributed by atoms with Crippen LogP contribution in [-0.4, -0.2) is 31.4 Å². The van der Waals surface area contributed by atoms with Gasteiger partial charge in [0.15, 0.2) is 0 Å². The van der Waals surface area contributed by atoms with Crippen molar-refractivity contribution in [2.24, 2.45) is 7.05 Å². The molecule has 2 aliphatic rings. The van der Waals surface area contributed by atoms with Crippen LogP contribution in [0.3, 0.4) is 0 Å². The van der Waals surface area contributed by atoms with Crippen LogP contribution in [0.2, 0.25) is 0 Å². The number of hydrogen-bond acceptors (Lipinski definition) is 3. The minimum absolute atomic E-state index is 0.142. The summed E-state index contributed by atoms with van der Waals surface area (Å²) in [5, 5.41) is 10.6. The second-order valence-electron chi connectivity index (χ2n) is 6.59. The highest BCUT2D eigenvalue weighted by Crippen LogP contribution is 2.42. The fourth-order valence-corrected chi connectivity index (χ4v) is 3.52. The molecule has 2 fully saturated rings. The summed E-state index contributed by atoms with van der Waals surface area (Å²) in [5.74, 6) is 0.511. The average molecular weight is 314 g/mol. The number of carbonyl (C=O) groups excluding carboxylic acids is 1. The number of amides is 2. The highest BCUT2D eigenvalue weighted by atomic mass is 16.2. The van der Waals surface area contributed by atoms with Crippen molar-refractivity contribution in [3.8, 4) is 0 Å². The molecule has 23 heavy (non-hydrogen) atoms. The number of nitrogens with zero attached hydrogens (tertiary/aromatic N) is 4. The van der Waals surface area contributed by atoms with Crippen molar-refractivity contribution in [2.45, 2.75) is 50.1 Å². The van der Waals surface area contributed by atoms with Gasteiger partial charge in [0.25, 0.3) is 0 Å². The number of rotatable bonds is 4. The van der Waals surface area contributed by atoms with Gasteiger partial charge in [-0.3, -0.25) is 4.68 Å². The Kier molecular flexibility index (Phi) is 3.55. The Morgan fingerprint density at radius 3 is 2.91 bits per heavy atom. The van der Waals surface area contributed by atoms with Gasteiger partial charge in [0.2, 0.25) is 0 Å². The topological polar surface area (TPSA) is 76.8 Å². The Balaban J connectivity index is 1.42. The lowest BCUT2D eigenvalue weighted by Gasteiger charge is -2.22. The number of urea groups is 1. The third-order valence-corrected chi connectivity index (χ3v) is 4.77. The summed E-state index contributed by atoms with van der Waals surface area (Å²) in [6.07, 6.45) is 13.0. The van der Waals surface area contributed by atoms with Gasteiger partial charge in [-0.1, -0.05) is 0 Å². The van der Waals surface area contributed by atoms with Crippen molar-refractivity contribution in [3.63, 3.8) is 0 Å². The highest BCUT2D eigenvalue weighted by molar-refractivity contribution is 5.90. The van der Waals surface area contributed by atoms with Crippen molar-refractivity contribution >= 4 is 11.7 Å². The van der Waals surface area contributed by atoms with E-state index in [-0.39, 0.29) is 12.1 Å². The molecule has 2 aliphatic carbocycles. The zero-order chi connectivity index (χ0) is 15.8. The van der Waals surface area contributed by atoms with Gasteiger partial charge in [0.1, 0.15) is 0 Å². The first kappa shape index (κ1) is 14.3. The van der Waals surface area contributed by atoms with Crippen LogP contribution in [0, 0.1) is 0 Å². The summed E-state index contributed by atoms with van der Waals surface area (Å²) < 4.78 is 3.87. The first-order valence-electron chi connectivity index (χ1n) is 8.29. The maximum atomic E-state index is 12.4. The Morgan fingerprint density at radius 1 is 1.30 bits per heavy atom. The molecule has 0 unspecified atom stereocenters. The molecule has 0 aromatic carbocycles. The number of aromatic nitrogens is 4. The average Bonchev–Trinajstić information content (AvgIpc) is 2.90. The molecule has 0 aliphatic heterocycles. The molecule has 0 spiro atoms. The number of hydrogen-bond donors (Lipinski definition) is 2. The Labute approximate surface area is 135 Å². The minimum Gasteiger partial charge on any atom is -0.333 e. The first-order chi connectivity index (χ1) is 11.2. The van der Waals surface area contributed by atoms with Gasteiger partial charge in [0.05, 0.1) is 29.8 Å². The molecule has 2 N–H and O–H groups in total. The predicted octanol–water partition coefficient (Wildman–Crippen LogP) is 2.41. The lowest BCUT2D eigenvalue weighted by molar-refractivity contribution is 0.245. The quantitative estimate of drug-likeness (QED) is 0.910. The van der Waals surface area contributed by atoms with Crippen molar-refractivity contribution in [2.75, 3.05) is 5.32 Å². The molecule has 2 aromatic heterocycles. The minimum atomic E-state index is -0.142. The normalized spacial score (nSPS) is 23.9. The molecular weight excluding hydrogens is 292 g/mol. The van der Waals surface area contributed by atoms with Crippen molar-refractivity contribution in [3.05, 3.63) is 30.6 Å². The molecule has 0 bridgehead atoms. The van der Waals surface area contributed by atoms with Crippen LogP contribution in [0.15, 0.2) is 24.9 Å². The highest BCUT2D eigenvalue weighted by Gasteiger charge is 2.32. The van der Waals surface area contributed by atoms with E-state index in [1.54, 1.807) is 10.9 Å². The SMILES string of the molecule is Cn1cc(NC(=O)N[C@@H]2CCC[C@@H]2n2ccnc2)c(C2CC2)n1. The van der Waals surface area contributed by atoms with Crippen LogP contribution in [0.1, 0.15) is 49.8 Å². The zero-order valence-corrected chi connectivity index (χ0v) is 13.3. The summed E-state index contributed by atoms with van der Waals surface area (Å²) in [5.41, 5.74) is 1.85. The van der Waals surface area contributed by atoms with E-state index in [1.165, 1.54) is 12.8 Å². The molecule has 0 radical (unpaired) electrons. The fraction of sp³-hybridized carbons (Fsp3) is 0.562. The van der Waals surface area contributed by atoms with Crippen LogP contribution >= 0.6 is 0 Å². The molecule has 2 amide bonds. The van der Waals surface area contributed by atoms with Crippen LogP contribution < -0.4 is 10.6 Å². The third kappa shape index (κ3) is 2.95. The number of nitrogens with one attached hydrogen (secondary N) is 2. The van der Waals surface area contributed by atoms with Crippen LogP contribution in [0.4, 0.5) is 10.5 Å². The summed E-state index contributed by atoms with van der Waals surface area (Å²) in [6.45, 7) is 0. The van der Waals surface area contributed by atoms with Gasteiger partial charge in [0, 0.05) is 31.6 Å². The summed E-state index contributed by atoms with van der Waals surface area (Å²) in [7, 11) is 1.89. The van der Waals surface area contributed by atoms with Gasteiger partial charge in [-0.25, -0.2) is 9.78 Å². The van der Waals surface area contributed by atoms with Crippen LogP contribution in [0.25, 0.3) is 0 Å². The molecule has 2 heterocycles. The molecule has 2 saturated carbocycles. The van der Waals surface area contributed by atoms with Crippen molar-refractivity contribution in [1.82, 2.24) is 24.6 Å². The van der Waals surface area contributed by atoms with Crippen LogP contribution in [-0.2, 0) is 7.05 Å². The number of carbonyl (C=O) groups is 1. The smallest absolute Gasteiger partial charge is 0.319 e. The Hall–Kier alpha value is -2.31. The third-order valence-electron chi connectivity index (χ3n) is 4.77. The van der Waals surface area contributed by atoms with Crippen LogP contribution in [0.5, 0.6) is 0 Å². The summed E-state index contributed by atoms with van der Waals surface area (Å²) in [4.78, 5) is 16.5. The molecule has 4 rings (SSSR count). The van der Waals surface area contributed by atoms with Crippen molar-refractivity contribution < 1.29 is 4.79 Å². The lowest BCUT2D eigenvalue weighted by Crippen LogP contribution is -2.40. The monoisotopic (exact) mass is 314 g/mol. The van der Waals surface area contributed by atoms with Gasteiger partial charge in [-0.2, -0.15) is 5.10 Å². The fourth-order valence-electron chi connectivity index (χ4n) is 3.52. The zero-order valence-electron chi connectivity index (χ0n) is 13.3. The van der Waals surface area contributed by atoms with E-state index in [0.717, 1.165) is 30.6 Å². The Morgan fingerprint density at radius 2 is 2.17 bits per heavy atom. The second-order valence-corrected chi connectivity index (χ2v) is 6.59. The van der Waals surface area contributed by atoms with E-state index in [2.05, 4.69) is 25.3 Å². The van der Waals surface area contributed by atoms with Gasteiger partial charge < -0.3 is 15.2 Å². The van der Waals surface area contributed by atoms with E-state index >= 15 is 0 Å². The second kappa shape index (κ2) is 5.72. The standard InChI is InChI=1S/C16H22N6O/c1-21-9-13(15(20-21)11-5-6-11)19-16(23)18-12-3-2-4-14(12)22-8-7-17-10-22/h7-12,14H,2-6H2,1H3,(H2,18,19,23)/t12-,14+/m1/s1. The first-order valence-corrected chi connectivity index (χ1v) is 8.29. The number of aryl methyl sites for hydroxylation is 1. The molecular formula is C16H22N6O. The molecule has 7 nitrogen and oxygen atoms in total. The summed E-state index contributed by atoms with van der Waals surface area (Å²) >= 11 is 0. The lowest BCUT2D eigenvalue weighted by atomic mass is 10.2. The molecule has 2 atom stereocenters. The van der Waals surface area contributed by atoms with Gasteiger partial charge in [-0.15, -0.1) is 0 Å². The van der Waals surface area contributed by atoms with E-state index in [1.807, 2.05) is 25.8 Å². The maximum Gasteiger partial charge on any atom is 0.319 e. The van der Waals surface area contributed by atoms with E-state index in [4.69, 9.17) is 0 Å². The van der Waals surface area contributed by atoms with E-state index < -0.39 is 0 Å². The summed E-state index contributed by atoms with van der Waals surface area (Å²) in [6, 6.07) is 0.294. The molecule has 2 aromatic rings. The van der Waals surface area contributed by atoms with E-state index in [0.29, 0.717) is 12.0 Å². The Bertz CT molecular complexity index is 687. The molecule has 7 heteroatoms. The molecule has 122 valence electrons. The number of anilines is 1. The van der Waals surface area contributed by atoms with Crippen molar-refractivity contribution in [1.29, 1.82) is 0 Å². The number of imidazole rings is 1. The largest absolute Gasteiger partial charge is 0.333 e. The maximum absolute atomic E-state index is 12.4. The van der Waals surface area contributed by atoms with Gasteiger partial charge in [-0.05, 0) is 32.1 Å².